The zero-order valence-corrected chi connectivity index (χ0v) is 9.87. The molecule has 0 fully saturated rings. The summed E-state index contributed by atoms with van der Waals surface area (Å²) in [5.74, 6) is -0.160. The molecule has 0 saturated heterocycles. The van der Waals surface area contributed by atoms with Gasteiger partial charge in [-0.2, -0.15) is 0 Å². The second kappa shape index (κ2) is 5.87. The first-order valence-electron chi connectivity index (χ1n) is 5.76. The molecule has 0 aliphatic heterocycles. The number of aliphatic carboxylic acids is 1. The van der Waals surface area contributed by atoms with Crippen molar-refractivity contribution in [2.24, 2.45) is 0 Å². The lowest BCUT2D eigenvalue weighted by molar-refractivity contribution is -0.137. The Hall–Kier alpha value is -2.29. The van der Waals surface area contributed by atoms with Crippen LogP contribution in [0.4, 0.5) is 0 Å². The van der Waals surface area contributed by atoms with E-state index in [-0.39, 0.29) is 13.0 Å². The molecule has 0 amide bonds. The van der Waals surface area contributed by atoms with E-state index >= 15 is 0 Å². The van der Waals surface area contributed by atoms with Gasteiger partial charge in [0.25, 0.3) is 0 Å². The standard InChI is InChI=1S/C15H14O3/c16-15(17)9-10-18-14-8-4-7-13(11-14)12-5-2-1-3-6-12/h1-8,11H,9-10H2,(H,16,17). The summed E-state index contributed by atoms with van der Waals surface area (Å²) in [6.45, 7) is 0.188. The minimum atomic E-state index is -0.853. The van der Waals surface area contributed by atoms with Crippen LogP contribution < -0.4 is 4.74 Å². The number of hydrogen-bond donors (Lipinski definition) is 1. The molecule has 1 N–H and O–H groups in total. The van der Waals surface area contributed by atoms with Crippen molar-refractivity contribution >= 4 is 5.97 Å². The lowest BCUT2D eigenvalue weighted by Gasteiger charge is -2.07. The van der Waals surface area contributed by atoms with Gasteiger partial charge in [0.15, 0.2) is 0 Å². The van der Waals surface area contributed by atoms with E-state index in [0.717, 1.165) is 11.1 Å². The Morgan fingerprint density at radius 1 is 1.00 bits per heavy atom. The first-order valence-corrected chi connectivity index (χ1v) is 5.76. The van der Waals surface area contributed by atoms with Gasteiger partial charge >= 0.3 is 5.97 Å². The number of rotatable bonds is 5. The fourth-order valence-electron chi connectivity index (χ4n) is 1.65. The maximum atomic E-state index is 10.4. The van der Waals surface area contributed by atoms with Crippen molar-refractivity contribution in [2.45, 2.75) is 6.42 Å². The van der Waals surface area contributed by atoms with E-state index in [0.29, 0.717) is 5.75 Å². The molecule has 0 saturated carbocycles. The molecule has 92 valence electrons. The smallest absolute Gasteiger partial charge is 0.306 e. The van der Waals surface area contributed by atoms with Gasteiger partial charge in [-0.05, 0) is 23.3 Å². The van der Waals surface area contributed by atoms with Gasteiger partial charge < -0.3 is 9.84 Å². The van der Waals surface area contributed by atoms with E-state index < -0.39 is 5.97 Å². The van der Waals surface area contributed by atoms with Crippen molar-refractivity contribution in [3.63, 3.8) is 0 Å². The average Bonchev–Trinajstić information content (AvgIpc) is 2.40. The number of ether oxygens (including phenoxy) is 1. The van der Waals surface area contributed by atoms with Crippen LogP contribution in [0.15, 0.2) is 54.6 Å². The summed E-state index contributed by atoms with van der Waals surface area (Å²) < 4.78 is 5.40. The van der Waals surface area contributed by atoms with E-state index in [1.807, 2.05) is 54.6 Å². The van der Waals surface area contributed by atoms with E-state index in [1.54, 1.807) is 0 Å². The highest BCUT2D eigenvalue weighted by atomic mass is 16.5. The molecule has 0 aliphatic rings. The lowest BCUT2D eigenvalue weighted by Crippen LogP contribution is -2.04. The summed E-state index contributed by atoms with van der Waals surface area (Å²) in [6, 6.07) is 17.6. The molecule has 0 aliphatic carbocycles. The monoisotopic (exact) mass is 242 g/mol. The summed E-state index contributed by atoms with van der Waals surface area (Å²) in [6.07, 6.45) is 0.00949. The van der Waals surface area contributed by atoms with Gasteiger partial charge in [-0.25, -0.2) is 0 Å². The molecule has 0 unspecified atom stereocenters. The van der Waals surface area contributed by atoms with Gasteiger partial charge in [0.05, 0.1) is 13.0 Å². The second-order valence-electron chi connectivity index (χ2n) is 3.89. The van der Waals surface area contributed by atoms with Gasteiger partial charge in [0, 0.05) is 0 Å². The Morgan fingerprint density at radius 3 is 2.44 bits per heavy atom. The predicted octanol–water partition coefficient (Wildman–Crippen LogP) is 3.21. The Balaban J connectivity index is 2.08. The topological polar surface area (TPSA) is 46.5 Å². The molecule has 18 heavy (non-hydrogen) atoms. The molecule has 0 bridgehead atoms. The highest BCUT2D eigenvalue weighted by Gasteiger charge is 2.01. The Kier molecular flexibility index (Phi) is 3.97. The quantitative estimate of drug-likeness (QED) is 0.875. The van der Waals surface area contributed by atoms with Crippen molar-refractivity contribution in [1.29, 1.82) is 0 Å². The van der Waals surface area contributed by atoms with Crippen LogP contribution in [-0.4, -0.2) is 17.7 Å². The van der Waals surface area contributed by atoms with E-state index in [1.165, 1.54) is 0 Å². The normalized spacial score (nSPS) is 10.0. The van der Waals surface area contributed by atoms with Crippen LogP contribution in [0.3, 0.4) is 0 Å². The van der Waals surface area contributed by atoms with Crippen LogP contribution in [0.2, 0.25) is 0 Å². The summed E-state index contributed by atoms with van der Waals surface area (Å²) in [5.41, 5.74) is 2.17. The van der Waals surface area contributed by atoms with Gasteiger partial charge in [-0.3, -0.25) is 4.79 Å². The Labute approximate surface area is 106 Å². The minimum Gasteiger partial charge on any atom is -0.493 e. The average molecular weight is 242 g/mol. The summed E-state index contributed by atoms with van der Waals surface area (Å²) in [7, 11) is 0. The van der Waals surface area contributed by atoms with Crippen molar-refractivity contribution in [3.05, 3.63) is 54.6 Å². The third kappa shape index (κ3) is 3.35. The van der Waals surface area contributed by atoms with Crippen molar-refractivity contribution < 1.29 is 14.6 Å². The number of carbonyl (C=O) groups is 1. The minimum absolute atomic E-state index is 0.00949. The molecule has 0 aromatic heterocycles. The number of benzene rings is 2. The Morgan fingerprint density at radius 2 is 1.72 bits per heavy atom. The van der Waals surface area contributed by atoms with Gasteiger partial charge in [0.2, 0.25) is 0 Å². The number of carboxylic acids is 1. The molecular formula is C15H14O3. The van der Waals surface area contributed by atoms with Gasteiger partial charge in [0.1, 0.15) is 5.75 Å². The predicted molar refractivity (Wildman–Crippen MR) is 69.6 cm³/mol. The first-order chi connectivity index (χ1) is 8.75. The van der Waals surface area contributed by atoms with Gasteiger partial charge in [-0.15, -0.1) is 0 Å². The molecule has 3 heteroatoms. The molecular weight excluding hydrogens is 228 g/mol. The zero-order chi connectivity index (χ0) is 12.8. The third-order valence-corrected chi connectivity index (χ3v) is 2.53. The highest BCUT2D eigenvalue weighted by Crippen LogP contribution is 2.23. The molecule has 0 spiro atoms. The first kappa shape index (κ1) is 12.2. The van der Waals surface area contributed by atoms with E-state index in [2.05, 4.69) is 0 Å². The summed E-state index contributed by atoms with van der Waals surface area (Å²) >= 11 is 0. The maximum Gasteiger partial charge on any atom is 0.306 e. The molecule has 2 aromatic carbocycles. The molecule has 0 radical (unpaired) electrons. The van der Waals surface area contributed by atoms with E-state index in [4.69, 9.17) is 9.84 Å². The fourth-order valence-corrected chi connectivity index (χ4v) is 1.65. The van der Waals surface area contributed by atoms with Crippen LogP contribution in [0.5, 0.6) is 5.75 Å². The van der Waals surface area contributed by atoms with Crippen molar-refractivity contribution in [1.82, 2.24) is 0 Å². The van der Waals surface area contributed by atoms with Crippen LogP contribution in [-0.2, 0) is 4.79 Å². The molecule has 3 nitrogen and oxygen atoms in total. The highest BCUT2D eigenvalue weighted by molar-refractivity contribution is 5.67. The zero-order valence-electron chi connectivity index (χ0n) is 9.87. The summed E-state index contributed by atoms with van der Waals surface area (Å²) in [5, 5.41) is 8.54. The Bertz CT molecular complexity index is 520. The van der Waals surface area contributed by atoms with Crippen LogP contribution in [0.25, 0.3) is 11.1 Å². The fraction of sp³-hybridized carbons (Fsp3) is 0.133. The third-order valence-electron chi connectivity index (χ3n) is 2.53. The lowest BCUT2D eigenvalue weighted by atomic mass is 10.1. The number of carboxylic acid groups (broad SMARTS) is 1. The van der Waals surface area contributed by atoms with Crippen molar-refractivity contribution in [2.75, 3.05) is 6.61 Å². The molecule has 0 atom stereocenters. The van der Waals surface area contributed by atoms with Crippen LogP contribution >= 0.6 is 0 Å². The molecule has 2 aromatic rings. The van der Waals surface area contributed by atoms with Gasteiger partial charge in [-0.1, -0.05) is 42.5 Å². The molecule has 0 heterocycles. The van der Waals surface area contributed by atoms with Crippen LogP contribution in [0, 0.1) is 0 Å². The largest absolute Gasteiger partial charge is 0.493 e. The SMILES string of the molecule is O=C(O)CCOc1cccc(-c2ccccc2)c1. The second-order valence-corrected chi connectivity index (χ2v) is 3.89. The van der Waals surface area contributed by atoms with E-state index in [9.17, 15) is 4.79 Å². The maximum absolute atomic E-state index is 10.4. The van der Waals surface area contributed by atoms with Crippen molar-refractivity contribution in [3.8, 4) is 16.9 Å². The van der Waals surface area contributed by atoms with Crippen LogP contribution in [0.1, 0.15) is 6.42 Å². The molecule has 2 rings (SSSR count). The summed E-state index contributed by atoms with van der Waals surface area (Å²) in [4.78, 5) is 10.4. The number of hydrogen-bond acceptors (Lipinski definition) is 2.